The quantitative estimate of drug-likeness (QED) is 0.809. The summed E-state index contributed by atoms with van der Waals surface area (Å²) in [5.41, 5.74) is 1.36. The lowest BCUT2D eigenvalue weighted by atomic mass is 9.83. The lowest BCUT2D eigenvalue weighted by Gasteiger charge is -2.28. The first-order chi connectivity index (χ1) is 11.7. The topological polar surface area (TPSA) is 56.1 Å². The molecule has 1 aromatic heterocycles. The van der Waals surface area contributed by atoms with Crippen molar-refractivity contribution < 1.29 is 9.53 Å². The first kappa shape index (κ1) is 17.0. The van der Waals surface area contributed by atoms with Crippen LogP contribution in [0.1, 0.15) is 38.5 Å². The van der Waals surface area contributed by atoms with Gasteiger partial charge in [-0.15, -0.1) is 0 Å². The Kier molecular flexibility index (Phi) is 5.51. The Morgan fingerprint density at radius 2 is 2.12 bits per heavy atom. The molecule has 24 heavy (non-hydrogen) atoms. The van der Waals surface area contributed by atoms with Gasteiger partial charge in [0.15, 0.2) is 0 Å². The molecule has 1 fully saturated rings. The monoisotopic (exact) mass is 329 g/mol. The second-order valence-corrected chi connectivity index (χ2v) is 6.92. The van der Waals surface area contributed by atoms with Gasteiger partial charge in [0, 0.05) is 25.5 Å². The normalized spacial score (nSPS) is 16.5. The summed E-state index contributed by atoms with van der Waals surface area (Å²) >= 11 is 0. The number of carbonyl (C=O) groups is 1. The van der Waals surface area contributed by atoms with E-state index in [2.05, 4.69) is 10.4 Å². The van der Waals surface area contributed by atoms with Gasteiger partial charge in [-0.25, -0.2) is 0 Å². The summed E-state index contributed by atoms with van der Waals surface area (Å²) in [5, 5.41) is 8.55. The number of rotatable bonds is 8. The van der Waals surface area contributed by atoms with Crippen LogP contribution >= 0.6 is 0 Å². The number of nitrogens with one attached hydrogen (secondary N) is 1. The van der Waals surface area contributed by atoms with Crippen molar-refractivity contribution in [3.8, 4) is 0 Å². The molecule has 2 aromatic rings. The highest BCUT2D eigenvalue weighted by atomic mass is 16.5. The molecule has 1 aromatic carbocycles. The highest BCUT2D eigenvalue weighted by Gasteiger charge is 2.33. The third-order valence-corrected chi connectivity index (χ3v) is 5.19. The van der Waals surface area contributed by atoms with Crippen molar-refractivity contribution in [1.82, 2.24) is 15.1 Å². The second-order valence-electron chi connectivity index (χ2n) is 6.92. The van der Waals surface area contributed by atoms with Gasteiger partial charge in [-0.1, -0.05) is 31.0 Å². The maximum absolute atomic E-state index is 12.1. The number of aryl methyl sites for hydroxylation is 1. The summed E-state index contributed by atoms with van der Waals surface area (Å²) in [6.45, 7) is 2.16. The number of amides is 1. The summed E-state index contributed by atoms with van der Waals surface area (Å²) in [7, 11) is 1.77. The minimum absolute atomic E-state index is 0.0974. The van der Waals surface area contributed by atoms with Gasteiger partial charge in [-0.3, -0.25) is 9.48 Å². The number of carbonyl (C=O) groups excluding carboxylic acids is 1. The molecule has 1 aliphatic carbocycles. The predicted molar refractivity (Wildman–Crippen MR) is 94.8 cm³/mol. The molecular weight excluding hydrogens is 302 g/mol. The van der Waals surface area contributed by atoms with E-state index in [9.17, 15) is 4.79 Å². The molecule has 1 saturated carbocycles. The number of hydrogen-bond donors (Lipinski definition) is 1. The van der Waals surface area contributed by atoms with E-state index in [1.54, 1.807) is 7.11 Å². The van der Waals surface area contributed by atoms with E-state index in [0.717, 1.165) is 30.5 Å². The molecule has 1 amide bonds. The summed E-state index contributed by atoms with van der Waals surface area (Å²) in [4.78, 5) is 12.1. The lowest BCUT2D eigenvalue weighted by molar-refractivity contribution is -0.121. The zero-order valence-electron chi connectivity index (χ0n) is 14.5. The van der Waals surface area contributed by atoms with Crippen LogP contribution in [0, 0.1) is 5.41 Å². The maximum Gasteiger partial charge on any atom is 0.221 e. The third kappa shape index (κ3) is 3.96. The van der Waals surface area contributed by atoms with Crippen LogP contribution in [-0.4, -0.2) is 35.9 Å². The van der Waals surface area contributed by atoms with Crippen LogP contribution < -0.4 is 5.32 Å². The fourth-order valence-electron chi connectivity index (χ4n) is 3.86. The number of aromatic nitrogens is 2. The molecule has 3 rings (SSSR count). The molecule has 1 N–H and O–H groups in total. The largest absolute Gasteiger partial charge is 0.384 e. The number of methoxy groups -OCH3 is 1. The predicted octanol–water partition coefficient (Wildman–Crippen LogP) is 3.14. The second kappa shape index (κ2) is 7.79. The minimum Gasteiger partial charge on any atom is -0.384 e. The van der Waals surface area contributed by atoms with E-state index in [0.29, 0.717) is 13.0 Å². The molecule has 1 heterocycles. The van der Waals surface area contributed by atoms with E-state index in [4.69, 9.17) is 4.74 Å². The Balaban J connectivity index is 1.44. The molecule has 0 radical (unpaired) electrons. The number of hydrogen-bond acceptors (Lipinski definition) is 3. The molecular formula is C19H27N3O2. The first-order valence-electron chi connectivity index (χ1n) is 8.89. The minimum atomic E-state index is 0.0974. The Morgan fingerprint density at radius 3 is 2.92 bits per heavy atom. The number of nitrogens with zero attached hydrogens (tertiary/aromatic N) is 2. The van der Waals surface area contributed by atoms with Gasteiger partial charge >= 0.3 is 0 Å². The van der Waals surface area contributed by atoms with Gasteiger partial charge in [-0.2, -0.15) is 5.10 Å². The van der Waals surface area contributed by atoms with Gasteiger partial charge < -0.3 is 10.1 Å². The number of benzene rings is 1. The summed E-state index contributed by atoms with van der Waals surface area (Å²) < 4.78 is 7.30. The molecule has 0 bridgehead atoms. The van der Waals surface area contributed by atoms with Crippen molar-refractivity contribution in [3.63, 3.8) is 0 Å². The van der Waals surface area contributed by atoms with E-state index >= 15 is 0 Å². The SMILES string of the molecule is COCC1(CCNC(=O)CCn2ncc3ccccc32)CCCC1. The van der Waals surface area contributed by atoms with Gasteiger partial charge in [0.25, 0.3) is 0 Å². The van der Waals surface area contributed by atoms with Crippen LogP contribution in [0.15, 0.2) is 30.5 Å². The molecule has 0 unspecified atom stereocenters. The van der Waals surface area contributed by atoms with Crippen molar-refractivity contribution in [2.75, 3.05) is 20.3 Å². The Labute approximate surface area is 143 Å². The molecule has 5 nitrogen and oxygen atoms in total. The van der Waals surface area contributed by atoms with Crippen molar-refractivity contribution >= 4 is 16.8 Å². The van der Waals surface area contributed by atoms with Crippen molar-refractivity contribution in [2.45, 2.75) is 45.1 Å². The third-order valence-electron chi connectivity index (χ3n) is 5.19. The number of para-hydroxylation sites is 1. The fraction of sp³-hybridized carbons (Fsp3) is 0.579. The molecule has 130 valence electrons. The van der Waals surface area contributed by atoms with Gasteiger partial charge in [0.1, 0.15) is 0 Å². The first-order valence-corrected chi connectivity index (χ1v) is 8.89. The number of fused-ring (bicyclic) bond motifs is 1. The standard InChI is InChI=1S/C19H27N3O2/c1-24-15-19(9-4-5-10-19)11-12-20-18(23)8-13-22-17-7-3-2-6-16(17)14-21-22/h2-3,6-7,14H,4-5,8-13,15H2,1H3,(H,20,23). The van der Waals surface area contributed by atoms with Crippen LogP contribution in [-0.2, 0) is 16.1 Å². The Hall–Kier alpha value is -1.88. The summed E-state index contributed by atoms with van der Waals surface area (Å²) in [6.07, 6.45) is 8.32. The van der Waals surface area contributed by atoms with Gasteiger partial charge in [-0.05, 0) is 30.7 Å². The Bertz CT molecular complexity index is 674. The van der Waals surface area contributed by atoms with Crippen molar-refractivity contribution in [3.05, 3.63) is 30.5 Å². The van der Waals surface area contributed by atoms with Gasteiger partial charge in [0.2, 0.25) is 5.91 Å². The zero-order valence-corrected chi connectivity index (χ0v) is 14.5. The average molecular weight is 329 g/mol. The molecule has 0 atom stereocenters. The van der Waals surface area contributed by atoms with Crippen LogP contribution in [0.2, 0.25) is 0 Å². The van der Waals surface area contributed by atoms with Crippen molar-refractivity contribution in [2.24, 2.45) is 5.41 Å². The summed E-state index contributed by atoms with van der Waals surface area (Å²) in [6, 6.07) is 8.07. The molecule has 0 spiro atoms. The average Bonchev–Trinajstić information content (AvgIpc) is 3.21. The molecule has 0 aliphatic heterocycles. The lowest BCUT2D eigenvalue weighted by Crippen LogP contribution is -2.32. The van der Waals surface area contributed by atoms with Crippen LogP contribution in [0.5, 0.6) is 0 Å². The van der Waals surface area contributed by atoms with E-state index in [-0.39, 0.29) is 11.3 Å². The highest BCUT2D eigenvalue weighted by Crippen LogP contribution is 2.40. The smallest absolute Gasteiger partial charge is 0.221 e. The maximum atomic E-state index is 12.1. The highest BCUT2D eigenvalue weighted by molar-refractivity contribution is 5.79. The fourth-order valence-corrected chi connectivity index (χ4v) is 3.86. The molecule has 1 aliphatic rings. The molecule has 5 heteroatoms. The summed E-state index contributed by atoms with van der Waals surface area (Å²) in [5.74, 6) is 0.0974. The Morgan fingerprint density at radius 1 is 1.33 bits per heavy atom. The van der Waals surface area contributed by atoms with E-state index in [1.807, 2.05) is 35.1 Å². The van der Waals surface area contributed by atoms with Crippen molar-refractivity contribution in [1.29, 1.82) is 0 Å². The van der Waals surface area contributed by atoms with Gasteiger partial charge in [0.05, 0.1) is 24.9 Å². The molecule has 0 saturated heterocycles. The van der Waals surface area contributed by atoms with E-state index in [1.165, 1.54) is 25.7 Å². The zero-order chi connectivity index (χ0) is 16.8. The van der Waals surface area contributed by atoms with E-state index < -0.39 is 0 Å². The number of ether oxygens (including phenoxy) is 1. The van der Waals surface area contributed by atoms with Crippen LogP contribution in [0.25, 0.3) is 10.9 Å². The van der Waals surface area contributed by atoms with Crippen LogP contribution in [0.3, 0.4) is 0 Å². The van der Waals surface area contributed by atoms with Crippen LogP contribution in [0.4, 0.5) is 0 Å².